The molecule has 5 heteroatoms. The third-order valence-electron chi connectivity index (χ3n) is 3.06. The summed E-state index contributed by atoms with van der Waals surface area (Å²) in [5, 5.41) is 20.4. The van der Waals surface area contributed by atoms with Crippen LogP contribution in [-0.4, -0.2) is 11.9 Å². The van der Waals surface area contributed by atoms with Gasteiger partial charge in [-0.25, -0.2) is 0 Å². The molecular formula is C15H18N4O. The zero-order chi connectivity index (χ0) is 15.3. The Morgan fingerprint density at radius 2 is 1.90 bits per heavy atom. The van der Waals surface area contributed by atoms with E-state index in [1.54, 1.807) is 6.07 Å². The predicted octanol–water partition coefficient (Wildman–Crippen LogP) is 2.13. The molecule has 1 amide bonds. The standard InChI is InChI=1S/C15H18N4O/c1-15(2,3)13(18)7-14(20)19-12-5-4-10(8-16)11(6-12)9-17/h4-6,13H,7,18H2,1-3H3,(H,19,20). The lowest BCUT2D eigenvalue weighted by Gasteiger charge is -2.26. The minimum absolute atomic E-state index is 0.153. The first-order chi connectivity index (χ1) is 9.27. The van der Waals surface area contributed by atoms with E-state index in [1.807, 2.05) is 32.9 Å². The lowest BCUT2D eigenvalue weighted by Crippen LogP contribution is -2.38. The fourth-order valence-corrected chi connectivity index (χ4v) is 1.53. The van der Waals surface area contributed by atoms with Crippen LogP contribution in [0.3, 0.4) is 0 Å². The highest BCUT2D eigenvalue weighted by Gasteiger charge is 2.23. The van der Waals surface area contributed by atoms with Crippen LogP contribution in [0.2, 0.25) is 0 Å². The maximum Gasteiger partial charge on any atom is 0.225 e. The zero-order valence-electron chi connectivity index (χ0n) is 11.9. The van der Waals surface area contributed by atoms with Gasteiger partial charge in [-0.2, -0.15) is 10.5 Å². The Labute approximate surface area is 119 Å². The molecular weight excluding hydrogens is 252 g/mol. The molecule has 0 aliphatic rings. The summed E-state index contributed by atoms with van der Waals surface area (Å²) in [6, 6.07) is 8.19. The third-order valence-corrected chi connectivity index (χ3v) is 3.06. The Balaban J connectivity index is 2.78. The van der Waals surface area contributed by atoms with Crippen molar-refractivity contribution < 1.29 is 4.79 Å². The first-order valence-electron chi connectivity index (χ1n) is 6.27. The molecule has 0 saturated carbocycles. The molecule has 1 rings (SSSR count). The lowest BCUT2D eigenvalue weighted by atomic mass is 9.85. The van der Waals surface area contributed by atoms with Crippen molar-refractivity contribution in [3.8, 4) is 12.1 Å². The smallest absolute Gasteiger partial charge is 0.225 e. The van der Waals surface area contributed by atoms with E-state index in [4.69, 9.17) is 16.3 Å². The second kappa shape index (κ2) is 6.18. The molecule has 0 heterocycles. The van der Waals surface area contributed by atoms with Gasteiger partial charge in [0.2, 0.25) is 5.91 Å². The van der Waals surface area contributed by atoms with E-state index in [-0.39, 0.29) is 34.9 Å². The molecule has 3 N–H and O–H groups in total. The van der Waals surface area contributed by atoms with Crippen LogP contribution in [0.25, 0.3) is 0 Å². The van der Waals surface area contributed by atoms with Crippen LogP contribution >= 0.6 is 0 Å². The Hall–Kier alpha value is -2.37. The number of carbonyl (C=O) groups excluding carboxylic acids is 1. The van der Waals surface area contributed by atoms with Gasteiger partial charge in [0.05, 0.1) is 11.1 Å². The Morgan fingerprint density at radius 3 is 2.40 bits per heavy atom. The summed E-state index contributed by atoms with van der Waals surface area (Å²) in [6.07, 6.45) is 0.200. The van der Waals surface area contributed by atoms with Gasteiger partial charge in [0.15, 0.2) is 0 Å². The number of nitriles is 2. The maximum atomic E-state index is 11.9. The summed E-state index contributed by atoms with van der Waals surface area (Å²) in [4.78, 5) is 11.9. The molecule has 1 unspecified atom stereocenters. The first-order valence-corrected chi connectivity index (χ1v) is 6.27. The summed E-state index contributed by atoms with van der Waals surface area (Å²) in [6.45, 7) is 5.92. The summed E-state index contributed by atoms with van der Waals surface area (Å²) < 4.78 is 0. The van der Waals surface area contributed by atoms with Crippen LogP contribution < -0.4 is 11.1 Å². The van der Waals surface area contributed by atoms with Gasteiger partial charge in [0.1, 0.15) is 12.1 Å². The largest absolute Gasteiger partial charge is 0.327 e. The van der Waals surface area contributed by atoms with Crippen molar-refractivity contribution in [1.82, 2.24) is 0 Å². The molecule has 104 valence electrons. The molecule has 0 aromatic heterocycles. The molecule has 0 saturated heterocycles. The van der Waals surface area contributed by atoms with E-state index in [2.05, 4.69) is 5.32 Å². The van der Waals surface area contributed by atoms with E-state index >= 15 is 0 Å². The van der Waals surface area contributed by atoms with Gasteiger partial charge in [-0.1, -0.05) is 20.8 Å². The van der Waals surface area contributed by atoms with Crippen LogP contribution in [-0.2, 0) is 4.79 Å². The van der Waals surface area contributed by atoms with E-state index in [1.165, 1.54) is 12.1 Å². The quantitative estimate of drug-likeness (QED) is 0.878. The number of hydrogen-bond donors (Lipinski definition) is 2. The van der Waals surface area contributed by atoms with E-state index in [0.29, 0.717) is 5.69 Å². The molecule has 20 heavy (non-hydrogen) atoms. The van der Waals surface area contributed by atoms with E-state index < -0.39 is 0 Å². The number of nitrogens with one attached hydrogen (secondary N) is 1. The van der Waals surface area contributed by atoms with Crippen molar-refractivity contribution in [2.75, 3.05) is 5.32 Å². The normalized spacial score (nSPS) is 12.1. The fourth-order valence-electron chi connectivity index (χ4n) is 1.53. The predicted molar refractivity (Wildman–Crippen MR) is 76.5 cm³/mol. The number of amides is 1. The van der Waals surface area contributed by atoms with Crippen molar-refractivity contribution in [3.63, 3.8) is 0 Å². The van der Waals surface area contributed by atoms with Gasteiger partial charge in [0.25, 0.3) is 0 Å². The molecule has 0 spiro atoms. The number of rotatable bonds is 3. The van der Waals surface area contributed by atoms with Crippen LogP contribution in [0.4, 0.5) is 5.69 Å². The van der Waals surface area contributed by atoms with Crippen LogP contribution in [0.1, 0.15) is 38.3 Å². The molecule has 5 nitrogen and oxygen atoms in total. The third kappa shape index (κ3) is 4.08. The maximum absolute atomic E-state index is 11.9. The molecule has 1 atom stereocenters. The number of nitrogens with zero attached hydrogens (tertiary/aromatic N) is 2. The second-order valence-corrected chi connectivity index (χ2v) is 5.71. The second-order valence-electron chi connectivity index (χ2n) is 5.71. The average Bonchev–Trinajstić information content (AvgIpc) is 2.37. The highest BCUT2D eigenvalue weighted by Crippen LogP contribution is 2.21. The van der Waals surface area contributed by atoms with Gasteiger partial charge in [-0.15, -0.1) is 0 Å². The van der Waals surface area contributed by atoms with Crippen molar-refractivity contribution >= 4 is 11.6 Å². The topological polar surface area (TPSA) is 103 Å². The number of hydrogen-bond acceptors (Lipinski definition) is 4. The highest BCUT2D eigenvalue weighted by atomic mass is 16.1. The number of nitrogens with two attached hydrogens (primary N) is 1. The monoisotopic (exact) mass is 270 g/mol. The summed E-state index contributed by atoms with van der Waals surface area (Å²) in [5.41, 5.74) is 6.82. The van der Waals surface area contributed by atoms with Gasteiger partial charge in [0, 0.05) is 18.2 Å². The van der Waals surface area contributed by atoms with Gasteiger partial charge in [-0.3, -0.25) is 4.79 Å². The Bertz CT molecular complexity index is 587. The zero-order valence-corrected chi connectivity index (χ0v) is 11.9. The molecule has 0 bridgehead atoms. The summed E-state index contributed by atoms with van der Waals surface area (Å²) in [5.74, 6) is -0.207. The summed E-state index contributed by atoms with van der Waals surface area (Å²) >= 11 is 0. The van der Waals surface area contributed by atoms with E-state index in [0.717, 1.165) is 0 Å². The number of anilines is 1. The van der Waals surface area contributed by atoms with Crippen molar-refractivity contribution in [1.29, 1.82) is 10.5 Å². The highest BCUT2D eigenvalue weighted by molar-refractivity contribution is 5.91. The Morgan fingerprint density at radius 1 is 1.30 bits per heavy atom. The summed E-state index contributed by atoms with van der Waals surface area (Å²) in [7, 11) is 0. The SMILES string of the molecule is CC(C)(C)C(N)CC(=O)Nc1ccc(C#N)c(C#N)c1. The van der Waals surface area contributed by atoms with Crippen LogP contribution in [0.5, 0.6) is 0 Å². The molecule has 0 aliphatic heterocycles. The Kier molecular flexibility index (Phi) is 4.85. The minimum atomic E-state index is -0.253. The lowest BCUT2D eigenvalue weighted by molar-refractivity contribution is -0.117. The fraction of sp³-hybridized carbons (Fsp3) is 0.400. The van der Waals surface area contributed by atoms with E-state index in [9.17, 15) is 4.79 Å². The van der Waals surface area contributed by atoms with Crippen LogP contribution in [0.15, 0.2) is 18.2 Å². The molecule has 0 fully saturated rings. The first kappa shape index (κ1) is 15.7. The number of benzene rings is 1. The minimum Gasteiger partial charge on any atom is -0.327 e. The molecule has 0 radical (unpaired) electrons. The van der Waals surface area contributed by atoms with Crippen molar-refractivity contribution in [2.24, 2.45) is 11.1 Å². The van der Waals surface area contributed by atoms with Gasteiger partial charge < -0.3 is 11.1 Å². The van der Waals surface area contributed by atoms with Gasteiger partial charge >= 0.3 is 0 Å². The van der Waals surface area contributed by atoms with Crippen molar-refractivity contribution in [2.45, 2.75) is 33.2 Å². The number of carbonyl (C=O) groups is 1. The molecule has 1 aromatic rings. The van der Waals surface area contributed by atoms with Gasteiger partial charge in [-0.05, 0) is 23.6 Å². The molecule has 0 aliphatic carbocycles. The molecule has 1 aromatic carbocycles. The van der Waals surface area contributed by atoms with Crippen LogP contribution in [0, 0.1) is 28.1 Å². The average molecular weight is 270 g/mol. The van der Waals surface area contributed by atoms with Crippen molar-refractivity contribution in [3.05, 3.63) is 29.3 Å².